The molecule has 0 radical (unpaired) electrons. The van der Waals surface area contributed by atoms with E-state index < -0.39 is 148 Å². The highest BCUT2D eigenvalue weighted by Crippen LogP contribution is 2.14. The number of carboxylic acid groups (broad SMARTS) is 2. The van der Waals surface area contributed by atoms with E-state index in [4.69, 9.17) is 25.4 Å². The molecule has 33 heteroatoms. The lowest BCUT2D eigenvalue weighted by atomic mass is 10.0. The number of likely N-dealkylation sites (N-methyl/N-ethyl adjacent to an activating group) is 1. The van der Waals surface area contributed by atoms with E-state index in [2.05, 4.69) is 69.4 Å². The SMILES string of the molecule is CCCC[C@H](NC(=O)[C@H](CCCCNC(O)CN(CC(=O)O)CC(=O)O)NC(=O)[C@H](CO)NC(=O)[C@H](CCC(N)=O)NC(=O)[C@H](CO)NC(=O)CNC(=O)COCCOCCNC(=O)CCCCCCCCCCCCCCCC1=NNNN1)C(=O)NC. The first-order chi connectivity index (χ1) is 42.2. The lowest BCUT2D eigenvalue weighted by molar-refractivity contribution is -0.142. The number of hydrogen-bond donors (Lipinski definition) is 18. The minimum atomic E-state index is -1.79. The first-order valence-corrected chi connectivity index (χ1v) is 30.5. The monoisotopic (exact) mass is 1260 g/mol. The normalized spacial score (nSPS) is 13.9. The van der Waals surface area contributed by atoms with Crippen LogP contribution in [0.3, 0.4) is 0 Å². The van der Waals surface area contributed by atoms with Crippen molar-refractivity contribution in [2.75, 3.05) is 86.0 Å². The quantitative estimate of drug-likeness (QED) is 0.0205. The van der Waals surface area contributed by atoms with Crippen molar-refractivity contribution in [2.24, 2.45) is 10.8 Å². The number of ether oxygens (including phenoxy) is 2. The predicted octanol–water partition coefficient (Wildman–Crippen LogP) is -3.81. The summed E-state index contributed by atoms with van der Waals surface area (Å²) in [5.41, 5.74) is 13.7. The van der Waals surface area contributed by atoms with Crippen molar-refractivity contribution in [3.05, 3.63) is 0 Å². The Morgan fingerprint density at radius 3 is 1.60 bits per heavy atom. The predicted molar refractivity (Wildman–Crippen MR) is 319 cm³/mol. The molecule has 1 aliphatic rings. The lowest BCUT2D eigenvalue weighted by Crippen LogP contribution is -2.60. The minimum absolute atomic E-state index is 0.0201. The molecule has 0 fully saturated rings. The number of carboxylic acids is 2. The number of amidine groups is 1. The highest BCUT2D eigenvalue weighted by atomic mass is 16.5. The number of carbonyl (C=O) groups is 11. The Labute approximate surface area is 514 Å². The number of nitrogens with two attached hydrogens (primary N) is 1. The maximum atomic E-state index is 13.7. The van der Waals surface area contributed by atoms with Crippen LogP contribution in [0.25, 0.3) is 0 Å². The molecule has 0 bridgehead atoms. The molecule has 19 N–H and O–H groups in total. The van der Waals surface area contributed by atoms with Gasteiger partial charge in [-0.25, -0.2) is 5.53 Å². The van der Waals surface area contributed by atoms with Crippen LogP contribution in [0.2, 0.25) is 0 Å². The summed E-state index contributed by atoms with van der Waals surface area (Å²) in [7, 11) is 1.37. The minimum Gasteiger partial charge on any atom is -0.480 e. The third kappa shape index (κ3) is 40.6. The van der Waals surface area contributed by atoms with Gasteiger partial charge >= 0.3 is 11.9 Å². The number of unbranched alkanes of at least 4 members (excludes halogenated alkanes) is 14. The van der Waals surface area contributed by atoms with Gasteiger partial charge in [-0.15, -0.1) is 10.6 Å². The van der Waals surface area contributed by atoms with E-state index in [9.17, 15) is 68.1 Å². The smallest absolute Gasteiger partial charge is 0.317 e. The molecule has 1 unspecified atom stereocenters. The number of hydrazone groups is 1. The number of primary amides is 1. The molecule has 9 amide bonds. The van der Waals surface area contributed by atoms with Crippen molar-refractivity contribution >= 4 is 70.9 Å². The van der Waals surface area contributed by atoms with Crippen LogP contribution >= 0.6 is 0 Å². The van der Waals surface area contributed by atoms with Gasteiger partial charge in [0, 0.05) is 39.4 Å². The summed E-state index contributed by atoms with van der Waals surface area (Å²) in [6, 6.07) is -7.54. The molecule has 1 rings (SSSR count). The van der Waals surface area contributed by atoms with Crippen LogP contribution in [0.5, 0.6) is 0 Å². The van der Waals surface area contributed by atoms with Gasteiger partial charge in [0.1, 0.15) is 48.9 Å². The molecule has 504 valence electrons. The van der Waals surface area contributed by atoms with Crippen molar-refractivity contribution in [1.82, 2.24) is 69.2 Å². The average Bonchev–Trinajstić information content (AvgIpc) is 4.15. The molecule has 0 aromatic rings. The molecule has 1 heterocycles. The van der Waals surface area contributed by atoms with Crippen LogP contribution in [0.1, 0.15) is 155 Å². The van der Waals surface area contributed by atoms with E-state index in [1.54, 1.807) is 0 Å². The molecule has 0 aromatic heterocycles. The fourth-order valence-corrected chi connectivity index (χ4v) is 8.85. The molecule has 33 nitrogen and oxygen atoms in total. The number of rotatable bonds is 56. The van der Waals surface area contributed by atoms with Crippen LogP contribution < -0.4 is 70.1 Å². The fraction of sp³-hybridized carbons (Fsp3) is 0.782. The second-order valence-electron chi connectivity index (χ2n) is 21.2. The third-order valence-corrected chi connectivity index (χ3v) is 13.7. The Balaban J connectivity index is 2.57. The highest BCUT2D eigenvalue weighted by Gasteiger charge is 2.33. The van der Waals surface area contributed by atoms with Crippen molar-refractivity contribution in [3.8, 4) is 0 Å². The number of nitrogens with zero attached hydrogens (tertiary/aromatic N) is 2. The summed E-state index contributed by atoms with van der Waals surface area (Å²) in [5, 5.41) is 74.9. The Hall–Kier alpha value is -6.88. The molecule has 0 saturated carbocycles. The van der Waals surface area contributed by atoms with Gasteiger partial charge in [0.05, 0.1) is 52.7 Å². The Morgan fingerprint density at radius 1 is 0.557 bits per heavy atom. The van der Waals surface area contributed by atoms with Gasteiger partial charge in [-0.3, -0.25) is 68.4 Å². The zero-order chi connectivity index (χ0) is 65.3. The standard InChI is InChI=1S/C55H101N15O18/c1-3-4-20-38(51(82)57-2)62-52(83)39(21-18-19-26-58-47(76)32-70(33-49(78)79)34-50(80)81)63-55(86)42(36-72)65-53(84)40(24-25-43(56)73)64-54(85)41(35-71)61-46(75)31-60-48(77)37-88-30-29-87-28-27-59-45(74)23-17-15-13-11-9-7-5-6-8-10-12-14-16-22-44-66-68-69-67-44/h38-42,47,58,68-69,71-72,76H,3-37H2,1-2H3,(H2,56,73)(H,57,82)(H,59,74)(H,60,77)(H,61,75)(H,62,83)(H,63,86)(H,64,85)(H,65,84)(H,66,67)(H,78,79)(H,80,81)/t38-,39-,40-,41-,42-,47?/m0/s1. The van der Waals surface area contributed by atoms with Crippen molar-refractivity contribution in [1.29, 1.82) is 0 Å². The average molecular weight is 1260 g/mol. The maximum Gasteiger partial charge on any atom is 0.317 e. The third-order valence-electron chi connectivity index (χ3n) is 13.7. The van der Waals surface area contributed by atoms with Crippen LogP contribution in [0.15, 0.2) is 5.10 Å². The highest BCUT2D eigenvalue weighted by molar-refractivity contribution is 5.97. The number of hydrazine groups is 2. The van der Waals surface area contributed by atoms with Crippen molar-refractivity contribution < 1.29 is 87.7 Å². The summed E-state index contributed by atoms with van der Waals surface area (Å²) in [6.07, 6.45) is 16.2. The van der Waals surface area contributed by atoms with E-state index in [1.807, 2.05) is 6.92 Å². The van der Waals surface area contributed by atoms with Gasteiger partial charge < -0.3 is 83.3 Å². The molecule has 1 aliphatic heterocycles. The Kier molecular flexibility index (Phi) is 45.0. The summed E-state index contributed by atoms with van der Waals surface area (Å²) in [5.74, 6) is -8.94. The summed E-state index contributed by atoms with van der Waals surface area (Å²) in [4.78, 5) is 139. The number of aliphatic hydroxyl groups is 3. The van der Waals surface area contributed by atoms with Gasteiger partial charge in [-0.05, 0) is 51.5 Å². The summed E-state index contributed by atoms with van der Waals surface area (Å²) in [6.45, 7) is -2.20. The molecular weight excluding hydrogens is 1160 g/mol. The van der Waals surface area contributed by atoms with E-state index in [1.165, 1.54) is 64.8 Å². The maximum absolute atomic E-state index is 13.7. The fourth-order valence-electron chi connectivity index (χ4n) is 8.85. The summed E-state index contributed by atoms with van der Waals surface area (Å²) >= 11 is 0. The van der Waals surface area contributed by atoms with Gasteiger partial charge in [-0.1, -0.05) is 90.4 Å². The largest absolute Gasteiger partial charge is 0.480 e. The van der Waals surface area contributed by atoms with Gasteiger partial charge in [0.25, 0.3) is 0 Å². The van der Waals surface area contributed by atoms with E-state index in [0.717, 1.165) is 42.8 Å². The van der Waals surface area contributed by atoms with Gasteiger partial charge in [-0.2, -0.15) is 0 Å². The van der Waals surface area contributed by atoms with Gasteiger partial charge in [0.15, 0.2) is 0 Å². The van der Waals surface area contributed by atoms with Crippen LogP contribution in [-0.4, -0.2) is 224 Å². The number of amides is 9. The van der Waals surface area contributed by atoms with E-state index >= 15 is 0 Å². The second kappa shape index (κ2) is 50.0. The first kappa shape index (κ1) is 79.1. The number of aliphatic carboxylic acids is 2. The van der Waals surface area contributed by atoms with Crippen molar-refractivity contribution in [3.63, 3.8) is 0 Å². The van der Waals surface area contributed by atoms with E-state index in [-0.39, 0.29) is 64.5 Å². The number of aliphatic hydroxyl groups excluding tert-OH is 3. The Morgan fingerprint density at radius 2 is 1.07 bits per heavy atom. The first-order valence-electron chi connectivity index (χ1n) is 30.5. The molecule has 6 atom stereocenters. The van der Waals surface area contributed by atoms with E-state index in [0.29, 0.717) is 25.8 Å². The van der Waals surface area contributed by atoms with Gasteiger partial charge in [0.2, 0.25) is 53.2 Å². The molecule has 0 saturated heterocycles. The molecular formula is C55H101N15O18. The number of nitrogens with one attached hydrogen (secondary N) is 12. The topological polar surface area (TPSA) is 493 Å². The number of hydrogen-bond acceptors (Lipinski definition) is 22. The summed E-state index contributed by atoms with van der Waals surface area (Å²) < 4.78 is 10.7. The lowest BCUT2D eigenvalue weighted by Gasteiger charge is -2.26. The van der Waals surface area contributed by atoms with Crippen LogP contribution in [0, 0.1) is 0 Å². The Bertz CT molecular complexity index is 2120. The number of carbonyl (C=O) groups excluding carboxylic acids is 9. The van der Waals surface area contributed by atoms with Crippen molar-refractivity contribution in [2.45, 2.75) is 191 Å². The molecule has 0 aromatic carbocycles. The van der Waals surface area contributed by atoms with Crippen LogP contribution in [-0.2, 0) is 62.2 Å². The molecule has 88 heavy (non-hydrogen) atoms. The van der Waals surface area contributed by atoms with Crippen LogP contribution in [0.4, 0.5) is 0 Å². The molecule has 0 aliphatic carbocycles. The molecule has 0 spiro atoms. The second-order valence-corrected chi connectivity index (χ2v) is 21.2. The zero-order valence-electron chi connectivity index (χ0n) is 51.2. The zero-order valence-corrected chi connectivity index (χ0v) is 51.2.